The Kier molecular flexibility index (Phi) is 10.7. The number of rotatable bonds is 11. The summed E-state index contributed by atoms with van der Waals surface area (Å²) in [5.74, 6) is 1.64. The number of aromatic nitrogens is 1. The lowest BCUT2D eigenvalue weighted by Crippen LogP contribution is -2.47. The second kappa shape index (κ2) is 13.3. The van der Waals surface area contributed by atoms with Gasteiger partial charge in [0.25, 0.3) is 0 Å². The molecule has 0 bridgehead atoms. The zero-order valence-electron chi connectivity index (χ0n) is 17.7. The molecule has 1 aromatic rings. The predicted octanol–water partition coefficient (Wildman–Crippen LogP) is 2.85. The van der Waals surface area contributed by atoms with Crippen LogP contribution < -0.4 is 10.1 Å². The molecular formula is C21H36N4O3. The molecule has 1 aliphatic rings. The monoisotopic (exact) mass is 392 g/mol. The van der Waals surface area contributed by atoms with E-state index in [4.69, 9.17) is 19.2 Å². The third-order valence-corrected chi connectivity index (χ3v) is 4.59. The second-order valence-electron chi connectivity index (χ2n) is 6.93. The summed E-state index contributed by atoms with van der Waals surface area (Å²) in [5.41, 5.74) is 1.08. The van der Waals surface area contributed by atoms with Crippen LogP contribution in [0.25, 0.3) is 0 Å². The molecule has 0 aliphatic carbocycles. The van der Waals surface area contributed by atoms with Crippen molar-refractivity contribution in [1.29, 1.82) is 0 Å². The number of pyridine rings is 1. The van der Waals surface area contributed by atoms with Gasteiger partial charge in [0, 0.05) is 52.2 Å². The van der Waals surface area contributed by atoms with E-state index < -0.39 is 0 Å². The quantitative estimate of drug-likeness (QED) is 0.355. The van der Waals surface area contributed by atoms with Crippen molar-refractivity contribution in [1.82, 2.24) is 15.2 Å². The van der Waals surface area contributed by atoms with E-state index >= 15 is 0 Å². The smallest absolute Gasteiger partial charge is 0.213 e. The Hall–Kier alpha value is -1.86. The van der Waals surface area contributed by atoms with E-state index in [1.807, 2.05) is 18.3 Å². The van der Waals surface area contributed by atoms with Gasteiger partial charge < -0.3 is 24.4 Å². The fourth-order valence-electron chi connectivity index (χ4n) is 3.08. The summed E-state index contributed by atoms with van der Waals surface area (Å²) in [5, 5.41) is 3.41. The number of methoxy groups -OCH3 is 1. The number of nitrogens with zero attached hydrogens (tertiary/aromatic N) is 3. The average molecular weight is 393 g/mol. The van der Waals surface area contributed by atoms with Crippen LogP contribution >= 0.6 is 0 Å². The minimum atomic E-state index is 0.343. The van der Waals surface area contributed by atoms with Gasteiger partial charge in [0.1, 0.15) is 0 Å². The number of ether oxygens (including phenoxy) is 3. The molecule has 1 fully saturated rings. The topological polar surface area (TPSA) is 68.2 Å². The maximum atomic E-state index is 5.95. The summed E-state index contributed by atoms with van der Waals surface area (Å²) in [6, 6.07) is 3.95. The first-order chi connectivity index (χ1) is 13.8. The first-order valence-electron chi connectivity index (χ1n) is 10.5. The minimum absolute atomic E-state index is 0.343. The lowest BCUT2D eigenvalue weighted by atomic mass is 10.1. The van der Waals surface area contributed by atoms with E-state index in [1.54, 1.807) is 7.11 Å². The molecule has 2 rings (SSSR count). The van der Waals surface area contributed by atoms with E-state index in [-0.39, 0.29) is 0 Å². The van der Waals surface area contributed by atoms with Crippen molar-refractivity contribution in [3.63, 3.8) is 0 Å². The van der Waals surface area contributed by atoms with Gasteiger partial charge in [-0.15, -0.1) is 0 Å². The van der Waals surface area contributed by atoms with Crippen LogP contribution in [0, 0.1) is 0 Å². The van der Waals surface area contributed by atoms with Gasteiger partial charge in [-0.1, -0.05) is 13.0 Å². The number of nitrogens with one attached hydrogen (secondary N) is 1. The highest BCUT2D eigenvalue weighted by molar-refractivity contribution is 5.80. The van der Waals surface area contributed by atoms with E-state index in [2.05, 4.69) is 29.0 Å². The fraction of sp³-hybridized carbons (Fsp3) is 0.714. The Morgan fingerprint density at radius 1 is 1.21 bits per heavy atom. The summed E-state index contributed by atoms with van der Waals surface area (Å²) >= 11 is 0. The van der Waals surface area contributed by atoms with E-state index in [1.165, 1.54) is 0 Å². The predicted molar refractivity (Wildman–Crippen MR) is 112 cm³/mol. The molecule has 7 nitrogen and oxygen atoms in total. The van der Waals surface area contributed by atoms with Gasteiger partial charge in [0.05, 0.1) is 19.3 Å². The summed E-state index contributed by atoms with van der Waals surface area (Å²) in [6.45, 7) is 9.80. The molecule has 28 heavy (non-hydrogen) atoms. The molecule has 158 valence electrons. The first-order valence-corrected chi connectivity index (χ1v) is 10.5. The summed E-state index contributed by atoms with van der Waals surface area (Å²) in [6.07, 6.45) is 6.19. The van der Waals surface area contributed by atoms with Crippen molar-refractivity contribution < 1.29 is 14.2 Å². The van der Waals surface area contributed by atoms with Gasteiger partial charge in [0.15, 0.2) is 5.96 Å². The van der Waals surface area contributed by atoms with Crippen LogP contribution in [0.15, 0.2) is 23.3 Å². The molecule has 1 N–H and O–H groups in total. The molecule has 1 saturated heterocycles. The Balaban J connectivity index is 1.82. The van der Waals surface area contributed by atoms with Gasteiger partial charge >= 0.3 is 0 Å². The lowest BCUT2D eigenvalue weighted by molar-refractivity contribution is 0.00990. The van der Waals surface area contributed by atoms with E-state index in [9.17, 15) is 0 Å². The fourth-order valence-corrected chi connectivity index (χ4v) is 3.08. The Morgan fingerprint density at radius 3 is 2.68 bits per heavy atom. The Bertz CT molecular complexity index is 557. The molecule has 0 radical (unpaired) electrons. The molecule has 0 unspecified atom stereocenters. The Labute approximate surface area is 169 Å². The summed E-state index contributed by atoms with van der Waals surface area (Å²) in [7, 11) is 1.73. The van der Waals surface area contributed by atoms with Gasteiger partial charge in [-0.2, -0.15) is 0 Å². The van der Waals surface area contributed by atoms with Crippen LogP contribution in [-0.4, -0.2) is 68.5 Å². The standard InChI is InChI=1S/C21H36N4O3/c1-4-13-28-20-8-7-18(16-23-20)17-24-21(22-5-2)25-11-9-19(10-12-25)27-15-6-14-26-3/h7-8,16,19H,4-6,9-15,17H2,1-3H3,(H,22,24). The van der Waals surface area contributed by atoms with E-state index in [0.717, 1.165) is 70.1 Å². The largest absolute Gasteiger partial charge is 0.478 e. The normalized spacial score (nSPS) is 15.7. The zero-order valence-corrected chi connectivity index (χ0v) is 17.7. The zero-order chi connectivity index (χ0) is 20.0. The van der Waals surface area contributed by atoms with Crippen molar-refractivity contribution in [2.24, 2.45) is 4.99 Å². The number of guanidine groups is 1. The summed E-state index contributed by atoms with van der Waals surface area (Å²) < 4.78 is 16.6. The average Bonchev–Trinajstić information content (AvgIpc) is 2.74. The molecule has 1 aliphatic heterocycles. The van der Waals surface area contributed by atoms with Crippen LogP contribution in [0.3, 0.4) is 0 Å². The van der Waals surface area contributed by atoms with Crippen LogP contribution in [-0.2, 0) is 16.0 Å². The van der Waals surface area contributed by atoms with Crippen molar-refractivity contribution in [3.05, 3.63) is 23.9 Å². The first kappa shape index (κ1) is 22.4. The third-order valence-electron chi connectivity index (χ3n) is 4.59. The molecule has 0 atom stereocenters. The highest BCUT2D eigenvalue weighted by atomic mass is 16.5. The molecule has 7 heteroatoms. The number of likely N-dealkylation sites (tertiary alicyclic amines) is 1. The second-order valence-corrected chi connectivity index (χ2v) is 6.93. The highest BCUT2D eigenvalue weighted by Crippen LogP contribution is 2.15. The van der Waals surface area contributed by atoms with Gasteiger partial charge in [-0.25, -0.2) is 9.98 Å². The molecule has 1 aromatic heterocycles. The maximum Gasteiger partial charge on any atom is 0.213 e. The van der Waals surface area contributed by atoms with E-state index in [0.29, 0.717) is 25.1 Å². The number of aliphatic imine (C=N–C) groups is 1. The SMILES string of the molecule is CCCOc1ccc(CN=C(NCC)N2CCC(OCCCOC)CC2)cn1. The molecule has 0 spiro atoms. The molecule has 0 aromatic carbocycles. The molecule has 0 amide bonds. The van der Waals surface area contributed by atoms with Crippen LogP contribution in [0.2, 0.25) is 0 Å². The van der Waals surface area contributed by atoms with Crippen molar-refractivity contribution in [2.75, 3.05) is 46.6 Å². The lowest BCUT2D eigenvalue weighted by Gasteiger charge is -2.34. The highest BCUT2D eigenvalue weighted by Gasteiger charge is 2.21. The van der Waals surface area contributed by atoms with Crippen LogP contribution in [0.1, 0.15) is 45.1 Å². The number of piperidine rings is 1. The maximum absolute atomic E-state index is 5.95. The number of hydrogen-bond acceptors (Lipinski definition) is 5. The van der Waals surface area contributed by atoms with Crippen LogP contribution in [0.5, 0.6) is 5.88 Å². The van der Waals surface area contributed by atoms with Gasteiger partial charge in [-0.3, -0.25) is 0 Å². The summed E-state index contributed by atoms with van der Waals surface area (Å²) in [4.78, 5) is 11.5. The third kappa shape index (κ3) is 8.02. The molecule has 2 heterocycles. The van der Waals surface area contributed by atoms with Crippen molar-refractivity contribution >= 4 is 5.96 Å². The van der Waals surface area contributed by atoms with Gasteiger partial charge in [-0.05, 0) is 38.2 Å². The van der Waals surface area contributed by atoms with Crippen LogP contribution in [0.4, 0.5) is 0 Å². The Morgan fingerprint density at radius 2 is 2.04 bits per heavy atom. The van der Waals surface area contributed by atoms with Crippen molar-refractivity contribution in [2.45, 2.75) is 52.2 Å². The molecular weight excluding hydrogens is 356 g/mol. The van der Waals surface area contributed by atoms with Gasteiger partial charge in [0.2, 0.25) is 5.88 Å². The molecule has 0 saturated carbocycles. The number of hydrogen-bond donors (Lipinski definition) is 1. The minimum Gasteiger partial charge on any atom is -0.478 e. The van der Waals surface area contributed by atoms with Crippen molar-refractivity contribution in [3.8, 4) is 5.88 Å².